The van der Waals surface area contributed by atoms with Gasteiger partial charge in [-0.1, -0.05) is 12.1 Å². The van der Waals surface area contributed by atoms with Gasteiger partial charge in [-0.05, 0) is 44.5 Å². The van der Waals surface area contributed by atoms with Crippen molar-refractivity contribution < 1.29 is 13.9 Å². The lowest BCUT2D eigenvalue weighted by Gasteiger charge is -2.16. The number of benzene rings is 1. The third-order valence-electron chi connectivity index (χ3n) is 3.19. The van der Waals surface area contributed by atoms with Crippen LogP contribution in [0.2, 0.25) is 0 Å². The van der Waals surface area contributed by atoms with Gasteiger partial charge in [0.1, 0.15) is 17.8 Å². The summed E-state index contributed by atoms with van der Waals surface area (Å²) in [5.74, 6) is 1.19. The zero-order valence-electron chi connectivity index (χ0n) is 13.1. The molecule has 22 heavy (non-hydrogen) atoms. The Morgan fingerprint density at radius 2 is 2.09 bits per heavy atom. The molecule has 0 aliphatic rings. The predicted molar refractivity (Wildman–Crippen MR) is 84.7 cm³/mol. The molecule has 3 N–H and O–H groups in total. The molecule has 0 fully saturated rings. The molecule has 118 valence electrons. The Kier molecular flexibility index (Phi) is 5.22. The lowest BCUT2D eigenvalue weighted by molar-refractivity contribution is 0.0939. The maximum Gasteiger partial charge on any atom is 0.255 e. The molecule has 2 rings (SSSR count). The highest BCUT2D eigenvalue weighted by Crippen LogP contribution is 2.20. The van der Waals surface area contributed by atoms with E-state index in [-0.39, 0.29) is 24.6 Å². The normalized spacial score (nSPS) is 12.2. The van der Waals surface area contributed by atoms with Gasteiger partial charge >= 0.3 is 0 Å². The Hall–Kier alpha value is -2.27. The number of hydrogen-bond acceptors (Lipinski definition) is 4. The summed E-state index contributed by atoms with van der Waals surface area (Å²) in [6, 6.07) is 9.23. The molecule has 0 radical (unpaired) electrons. The first kappa shape index (κ1) is 16.1. The quantitative estimate of drug-likeness (QED) is 0.860. The number of nitrogens with one attached hydrogen (secondary N) is 1. The maximum absolute atomic E-state index is 12.2. The summed E-state index contributed by atoms with van der Waals surface area (Å²) >= 11 is 0. The van der Waals surface area contributed by atoms with Crippen molar-refractivity contribution in [3.05, 3.63) is 53.5 Å². The molecule has 5 heteroatoms. The van der Waals surface area contributed by atoms with Crippen LogP contribution in [0.3, 0.4) is 0 Å². The Bertz CT molecular complexity index is 634. The second kappa shape index (κ2) is 7.13. The number of ether oxygens (including phenoxy) is 1. The van der Waals surface area contributed by atoms with E-state index in [2.05, 4.69) is 5.32 Å². The molecule has 1 aromatic heterocycles. The molecule has 0 saturated heterocycles. The van der Waals surface area contributed by atoms with Crippen molar-refractivity contribution in [3.8, 4) is 5.75 Å². The van der Waals surface area contributed by atoms with Gasteiger partial charge in [0.05, 0.1) is 24.3 Å². The van der Waals surface area contributed by atoms with Crippen LogP contribution in [0.1, 0.15) is 48.5 Å². The van der Waals surface area contributed by atoms with Gasteiger partial charge in [0.15, 0.2) is 0 Å². The van der Waals surface area contributed by atoms with Crippen molar-refractivity contribution in [1.82, 2.24) is 5.32 Å². The minimum absolute atomic E-state index is 0.112. The fourth-order valence-electron chi connectivity index (χ4n) is 2.10. The molecule has 1 atom stereocenters. The first-order chi connectivity index (χ1) is 10.5. The van der Waals surface area contributed by atoms with Gasteiger partial charge in [-0.3, -0.25) is 4.79 Å². The van der Waals surface area contributed by atoms with E-state index < -0.39 is 0 Å². The molecule has 1 amide bonds. The molecule has 0 saturated carbocycles. The van der Waals surface area contributed by atoms with Gasteiger partial charge in [-0.15, -0.1) is 0 Å². The van der Waals surface area contributed by atoms with Crippen molar-refractivity contribution in [2.24, 2.45) is 5.73 Å². The summed E-state index contributed by atoms with van der Waals surface area (Å²) in [7, 11) is 0. The number of hydrogen-bond donors (Lipinski definition) is 2. The van der Waals surface area contributed by atoms with E-state index in [1.165, 1.54) is 6.26 Å². The zero-order valence-corrected chi connectivity index (χ0v) is 13.1. The number of carbonyl (C=O) groups is 1. The van der Waals surface area contributed by atoms with Crippen molar-refractivity contribution >= 4 is 5.91 Å². The standard InChI is InChI=1S/C17H22N2O3/c1-11(2)22-15-6-4-5-13(7-15)12(3)19-17(20)14-8-16(9-18)21-10-14/h4-8,10-12H,9,18H2,1-3H3,(H,19,20). The number of carbonyl (C=O) groups excluding carboxylic acids is 1. The lowest BCUT2D eigenvalue weighted by Crippen LogP contribution is -2.26. The fraction of sp³-hybridized carbons (Fsp3) is 0.353. The van der Waals surface area contributed by atoms with Crippen LogP contribution >= 0.6 is 0 Å². The third kappa shape index (κ3) is 4.11. The first-order valence-electron chi connectivity index (χ1n) is 7.34. The second-order valence-corrected chi connectivity index (χ2v) is 5.44. The molecule has 2 aromatic rings. The maximum atomic E-state index is 12.2. The third-order valence-corrected chi connectivity index (χ3v) is 3.19. The van der Waals surface area contributed by atoms with Crippen LogP contribution in [0.15, 0.2) is 41.0 Å². The minimum Gasteiger partial charge on any atom is -0.491 e. The van der Waals surface area contributed by atoms with Crippen molar-refractivity contribution in [3.63, 3.8) is 0 Å². The summed E-state index contributed by atoms with van der Waals surface area (Å²) in [6.45, 7) is 6.16. The largest absolute Gasteiger partial charge is 0.491 e. The topological polar surface area (TPSA) is 77.5 Å². The van der Waals surface area contributed by atoms with E-state index in [4.69, 9.17) is 14.9 Å². The molecule has 1 aromatic carbocycles. The molecule has 0 aliphatic carbocycles. The van der Waals surface area contributed by atoms with Gasteiger partial charge in [-0.2, -0.15) is 0 Å². The summed E-state index contributed by atoms with van der Waals surface area (Å²) < 4.78 is 10.9. The van der Waals surface area contributed by atoms with Gasteiger partial charge in [0.2, 0.25) is 0 Å². The van der Waals surface area contributed by atoms with E-state index in [1.54, 1.807) is 6.07 Å². The van der Waals surface area contributed by atoms with E-state index in [0.29, 0.717) is 11.3 Å². The number of furan rings is 1. The van der Waals surface area contributed by atoms with Crippen LogP contribution in [0.25, 0.3) is 0 Å². The zero-order chi connectivity index (χ0) is 16.1. The smallest absolute Gasteiger partial charge is 0.255 e. The first-order valence-corrected chi connectivity index (χ1v) is 7.34. The monoisotopic (exact) mass is 302 g/mol. The highest BCUT2D eigenvalue weighted by Gasteiger charge is 2.14. The summed E-state index contributed by atoms with van der Waals surface area (Å²) in [5.41, 5.74) is 6.93. The van der Waals surface area contributed by atoms with E-state index in [9.17, 15) is 4.79 Å². The van der Waals surface area contributed by atoms with Crippen LogP contribution in [-0.4, -0.2) is 12.0 Å². The van der Waals surface area contributed by atoms with Gasteiger partial charge < -0.3 is 20.2 Å². The highest BCUT2D eigenvalue weighted by molar-refractivity contribution is 5.94. The van der Waals surface area contributed by atoms with Crippen LogP contribution < -0.4 is 15.8 Å². The molecule has 0 aliphatic heterocycles. The molecular formula is C17H22N2O3. The minimum atomic E-state index is -0.189. The van der Waals surface area contributed by atoms with Crippen molar-refractivity contribution in [2.45, 2.75) is 39.5 Å². The van der Waals surface area contributed by atoms with Gasteiger partial charge in [-0.25, -0.2) is 0 Å². The highest BCUT2D eigenvalue weighted by atomic mass is 16.5. The van der Waals surface area contributed by atoms with E-state index in [1.807, 2.05) is 45.0 Å². The Morgan fingerprint density at radius 3 is 2.73 bits per heavy atom. The predicted octanol–water partition coefficient (Wildman–Crippen LogP) is 3.02. The SMILES string of the molecule is CC(C)Oc1cccc(C(C)NC(=O)c2coc(CN)c2)c1. The van der Waals surface area contributed by atoms with Crippen LogP contribution in [0.4, 0.5) is 0 Å². The van der Waals surface area contributed by atoms with Crippen LogP contribution in [-0.2, 0) is 6.54 Å². The molecule has 1 unspecified atom stereocenters. The fourth-order valence-corrected chi connectivity index (χ4v) is 2.10. The second-order valence-electron chi connectivity index (χ2n) is 5.44. The van der Waals surface area contributed by atoms with E-state index in [0.717, 1.165) is 11.3 Å². The lowest BCUT2D eigenvalue weighted by atomic mass is 10.1. The van der Waals surface area contributed by atoms with Crippen molar-refractivity contribution in [2.75, 3.05) is 0 Å². The Labute approximate surface area is 130 Å². The summed E-state index contributed by atoms with van der Waals surface area (Å²) in [5, 5.41) is 2.94. The van der Waals surface area contributed by atoms with Crippen LogP contribution in [0.5, 0.6) is 5.75 Å². The summed E-state index contributed by atoms with van der Waals surface area (Å²) in [4.78, 5) is 12.2. The average molecular weight is 302 g/mol. The molecule has 1 heterocycles. The number of nitrogens with two attached hydrogens (primary N) is 1. The number of amides is 1. The molecule has 5 nitrogen and oxygen atoms in total. The van der Waals surface area contributed by atoms with Crippen molar-refractivity contribution in [1.29, 1.82) is 0 Å². The van der Waals surface area contributed by atoms with Crippen LogP contribution in [0, 0.1) is 0 Å². The average Bonchev–Trinajstić information content (AvgIpc) is 2.95. The van der Waals surface area contributed by atoms with Gasteiger partial charge in [0.25, 0.3) is 5.91 Å². The summed E-state index contributed by atoms with van der Waals surface area (Å²) in [6.07, 6.45) is 1.53. The molecule has 0 bridgehead atoms. The Balaban J connectivity index is 2.05. The molecule has 0 spiro atoms. The molecular weight excluding hydrogens is 280 g/mol. The number of rotatable bonds is 6. The van der Waals surface area contributed by atoms with Gasteiger partial charge in [0, 0.05) is 0 Å². The van der Waals surface area contributed by atoms with E-state index >= 15 is 0 Å². The Morgan fingerprint density at radius 1 is 1.32 bits per heavy atom.